The number of nitrogens with zero attached hydrogens (tertiary/aromatic N) is 2. The van der Waals surface area contributed by atoms with Crippen molar-refractivity contribution in [1.82, 2.24) is 4.90 Å². The maximum absolute atomic E-state index is 12.8. The van der Waals surface area contributed by atoms with Crippen molar-refractivity contribution >= 4 is 23.4 Å². The molecule has 0 N–H and O–H groups in total. The lowest BCUT2D eigenvalue weighted by Crippen LogP contribution is -2.41. The topological polar surface area (TPSA) is 81.9 Å². The molecule has 2 heterocycles. The van der Waals surface area contributed by atoms with Crippen molar-refractivity contribution in [3.63, 3.8) is 0 Å². The molecule has 2 aliphatic heterocycles. The SMILES string of the molecule is CSc1ccc([N+](=O)[O-])c(C(=O)N2CCC(C3OCCO3)CC2)c1. The number of rotatable bonds is 4. The Hall–Kier alpha value is -1.64. The molecule has 3 rings (SSSR count). The van der Waals surface area contributed by atoms with Crippen molar-refractivity contribution in [3.05, 3.63) is 33.9 Å². The van der Waals surface area contributed by atoms with Crippen molar-refractivity contribution < 1.29 is 19.2 Å². The van der Waals surface area contributed by atoms with Crippen molar-refractivity contribution in [2.24, 2.45) is 5.92 Å². The Morgan fingerprint density at radius 1 is 1.29 bits per heavy atom. The second kappa shape index (κ2) is 7.50. The first-order chi connectivity index (χ1) is 11.6. The van der Waals surface area contributed by atoms with Gasteiger partial charge in [-0.2, -0.15) is 0 Å². The number of amides is 1. The molecule has 1 aromatic rings. The van der Waals surface area contributed by atoms with Crippen LogP contribution < -0.4 is 0 Å². The third kappa shape index (κ3) is 3.55. The summed E-state index contributed by atoms with van der Waals surface area (Å²) in [4.78, 5) is 26.0. The lowest BCUT2D eigenvalue weighted by Gasteiger charge is -2.33. The molecule has 7 nitrogen and oxygen atoms in total. The minimum atomic E-state index is -0.496. The van der Waals surface area contributed by atoms with Crippen molar-refractivity contribution in [2.45, 2.75) is 24.0 Å². The van der Waals surface area contributed by atoms with Crippen LogP contribution in [0.25, 0.3) is 0 Å². The highest BCUT2D eigenvalue weighted by Crippen LogP contribution is 2.29. The van der Waals surface area contributed by atoms with Gasteiger partial charge in [0.2, 0.25) is 0 Å². The summed E-state index contributed by atoms with van der Waals surface area (Å²) in [5, 5.41) is 11.2. The van der Waals surface area contributed by atoms with Crippen molar-refractivity contribution in [2.75, 3.05) is 32.6 Å². The number of nitro benzene ring substituents is 1. The summed E-state index contributed by atoms with van der Waals surface area (Å²) >= 11 is 1.46. The van der Waals surface area contributed by atoms with Crippen LogP contribution in [-0.2, 0) is 9.47 Å². The number of hydrogen-bond acceptors (Lipinski definition) is 6. The molecule has 130 valence electrons. The van der Waals surface area contributed by atoms with Gasteiger partial charge in [0.15, 0.2) is 6.29 Å². The van der Waals surface area contributed by atoms with Crippen LogP contribution in [0.2, 0.25) is 0 Å². The summed E-state index contributed by atoms with van der Waals surface area (Å²) < 4.78 is 11.1. The zero-order valence-corrected chi connectivity index (χ0v) is 14.3. The van der Waals surface area contributed by atoms with E-state index in [9.17, 15) is 14.9 Å². The summed E-state index contributed by atoms with van der Waals surface area (Å²) in [6.07, 6.45) is 3.28. The lowest BCUT2D eigenvalue weighted by atomic mass is 9.95. The maximum Gasteiger partial charge on any atom is 0.282 e. The first-order valence-corrected chi connectivity index (χ1v) is 9.17. The van der Waals surface area contributed by atoms with Crippen LogP contribution in [-0.4, -0.2) is 54.6 Å². The molecule has 0 aromatic heterocycles. The lowest BCUT2D eigenvalue weighted by molar-refractivity contribution is -0.385. The molecule has 0 atom stereocenters. The van der Waals surface area contributed by atoms with Gasteiger partial charge in [-0.05, 0) is 31.2 Å². The number of carbonyl (C=O) groups is 1. The zero-order valence-electron chi connectivity index (χ0n) is 13.5. The van der Waals surface area contributed by atoms with Gasteiger partial charge in [-0.15, -0.1) is 11.8 Å². The standard InChI is InChI=1S/C16H20N2O5S/c1-24-12-2-3-14(18(20)21)13(10-12)15(19)17-6-4-11(5-7-17)16-22-8-9-23-16/h2-3,10-11,16H,4-9H2,1H3. The Kier molecular flexibility index (Phi) is 5.37. The van der Waals surface area contributed by atoms with Gasteiger partial charge in [-0.25, -0.2) is 0 Å². The average Bonchev–Trinajstić information content (AvgIpc) is 3.15. The van der Waals surface area contributed by atoms with Crippen molar-refractivity contribution in [1.29, 1.82) is 0 Å². The zero-order chi connectivity index (χ0) is 17.1. The summed E-state index contributed by atoms with van der Waals surface area (Å²) in [7, 11) is 0. The number of ether oxygens (including phenoxy) is 2. The molecule has 8 heteroatoms. The fourth-order valence-corrected chi connectivity index (χ4v) is 3.61. The van der Waals surface area contributed by atoms with Crippen LogP contribution in [0.15, 0.2) is 23.1 Å². The predicted octanol–water partition coefficient (Wildman–Crippen LogP) is 2.54. The van der Waals surface area contributed by atoms with Crippen LogP contribution in [0.1, 0.15) is 23.2 Å². The molecule has 0 bridgehead atoms. The smallest absolute Gasteiger partial charge is 0.282 e. The summed E-state index contributed by atoms with van der Waals surface area (Å²) in [5.74, 6) is 0.00776. The molecule has 2 aliphatic rings. The molecule has 1 aromatic carbocycles. The predicted molar refractivity (Wildman–Crippen MR) is 89.2 cm³/mol. The van der Waals surface area contributed by atoms with E-state index in [1.54, 1.807) is 17.0 Å². The quantitative estimate of drug-likeness (QED) is 0.470. The van der Waals surface area contributed by atoms with Gasteiger partial charge in [0.05, 0.1) is 18.1 Å². The van der Waals surface area contributed by atoms with E-state index in [1.165, 1.54) is 17.8 Å². The van der Waals surface area contributed by atoms with E-state index in [1.807, 2.05) is 6.26 Å². The van der Waals surface area contributed by atoms with Gasteiger partial charge in [0, 0.05) is 30.0 Å². The molecule has 0 aliphatic carbocycles. The molecule has 0 spiro atoms. The Bertz CT molecular complexity index is 625. The van der Waals surface area contributed by atoms with E-state index < -0.39 is 4.92 Å². The largest absolute Gasteiger partial charge is 0.350 e. The monoisotopic (exact) mass is 352 g/mol. The summed E-state index contributed by atoms with van der Waals surface area (Å²) in [5.41, 5.74) is 0.0287. The van der Waals surface area contributed by atoms with E-state index in [4.69, 9.17) is 9.47 Å². The van der Waals surface area contributed by atoms with Gasteiger partial charge in [-0.3, -0.25) is 14.9 Å². The third-order valence-corrected chi connectivity index (χ3v) is 5.22. The van der Waals surface area contributed by atoms with Gasteiger partial charge < -0.3 is 14.4 Å². The van der Waals surface area contributed by atoms with Crippen LogP contribution in [0.4, 0.5) is 5.69 Å². The highest BCUT2D eigenvalue weighted by molar-refractivity contribution is 7.98. The molecular formula is C16H20N2O5S. The molecule has 0 saturated carbocycles. The second-order valence-corrected chi connectivity index (χ2v) is 6.76. The molecule has 0 radical (unpaired) electrons. The van der Waals surface area contributed by atoms with Crippen LogP contribution >= 0.6 is 11.8 Å². The minimum Gasteiger partial charge on any atom is -0.350 e. The van der Waals surface area contributed by atoms with Crippen LogP contribution in [0.3, 0.4) is 0 Å². The number of nitro groups is 1. The van der Waals surface area contributed by atoms with Gasteiger partial charge in [0.25, 0.3) is 11.6 Å². The average molecular weight is 352 g/mol. The van der Waals surface area contributed by atoms with Crippen LogP contribution in [0, 0.1) is 16.0 Å². The second-order valence-electron chi connectivity index (χ2n) is 5.88. The van der Waals surface area contributed by atoms with Gasteiger partial charge in [0.1, 0.15) is 5.56 Å². The van der Waals surface area contributed by atoms with Gasteiger partial charge in [-0.1, -0.05) is 0 Å². The summed E-state index contributed by atoms with van der Waals surface area (Å²) in [6, 6.07) is 4.69. The fraction of sp³-hybridized carbons (Fsp3) is 0.562. The Morgan fingerprint density at radius 3 is 2.54 bits per heavy atom. The highest BCUT2D eigenvalue weighted by Gasteiger charge is 2.33. The third-order valence-electron chi connectivity index (χ3n) is 4.49. The number of thioether (sulfide) groups is 1. The Balaban J connectivity index is 1.71. The number of carbonyl (C=O) groups excluding carboxylic acids is 1. The highest BCUT2D eigenvalue weighted by atomic mass is 32.2. The summed E-state index contributed by atoms with van der Waals surface area (Å²) in [6.45, 7) is 2.37. The number of piperidine rings is 1. The van der Waals surface area contributed by atoms with Gasteiger partial charge >= 0.3 is 0 Å². The number of hydrogen-bond donors (Lipinski definition) is 0. The van der Waals surface area contributed by atoms with E-state index in [2.05, 4.69) is 0 Å². The normalized spacial score (nSPS) is 19.6. The molecule has 24 heavy (non-hydrogen) atoms. The molecular weight excluding hydrogens is 332 g/mol. The Morgan fingerprint density at radius 2 is 1.96 bits per heavy atom. The first kappa shape index (κ1) is 17.2. The minimum absolute atomic E-state index is 0.137. The van der Waals surface area contributed by atoms with E-state index in [-0.39, 0.29) is 29.4 Å². The molecule has 2 fully saturated rings. The molecule has 2 saturated heterocycles. The number of likely N-dealkylation sites (tertiary alicyclic amines) is 1. The molecule has 0 unspecified atom stereocenters. The first-order valence-electron chi connectivity index (χ1n) is 7.95. The van der Waals surface area contributed by atoms with E-state index >= 15 is 0 Å². The molecule has 1 amide bonds. The van der Waals surface area contributed by atoms with Crippen molar-refractivity contribution in [3.8, 4) is 0 Å². The number of benzene rings is 1. The Labute approximate surface area is 144 Å². The van der Waals surface area contributed by atoms with E-state index in [0.29, 0.717) is 26.3 Å². The fourth-order valence-electron chi connectivity index (χ4n) is 3.17. The maximum atomic E-state index is 12.8. The van der Waals surface area contributed by atoms with Crippen LogP contribution in [0.5, 0.6) is 0 Å². The van der Waals surface area contributed by atoms with E-state index in [0.717, 1.165) is 17.7 Å².